The van der Waals surface area contributed by atoms with Crippen LogP contribution in [0.3, 0.4) is 0 Å². The van der Waals surface area contributed by atoms with Gasteiger partial charge in [0.15, 0.2) is 0 Å². The first kappa shape index (κ1) is 38.8. The molecular weight excluding hydrogens is 759 g/mol. The molecule has 7 rings (SSSR count). The number of nitrogens with zero attached hydrogens (tertiary/aromatic N) is 6. The van der Waals surface area contributed by atoms with Gasteiger partial charge in [0.1, 0.15) is 35.5 Å². The molecule has 2 N–H and O–H groups in total. The first-order valence-corrected chi connectivity index (χ1v) is 18.6. The topological polar surface area (TPSA) is 112 Å². The molecule has 4 heterocycles. The van der Waals surface area contributed by atoms with Crippen molar-refractivity contribution in [3.8, 4) is 23.2 Å². The summed E-state index contributed by atoms with van der Waals surface area (Å²) in [7, 11) is 3.20. The van der Waals surface area contributed by atoms with Crippen LogP contribution in [0.15, 0.2) is 18.2 Å². The summed E-state index contributed by atoms with van der Waals surface area (Å²) in [4.78, 5) is 26.5. The molecule has 4 atom stereocenters. The third kappa shape index (κ3) is 6.66. The summed E-state index contributed by atoms with van der Waals surface area (Å²) in [5, 5.41) is 8.54. The van der Waals surface area contributed by atoms with E-state index in [0.29, 0.717) is 43.2 Å². The molecule has 3 fully saturated rings. The van der Waals surface area contributed by atoms with Gasteiger partial charge < -0.3 is 20.3 Å². The fourth-order valence-corrected chi connectivity index (χ4v) is 9.81. The second kappa shape index (κ2) is 13.9. The van der Waals surface area contributed by atoms with Gasteiger partial charge in [0.05, 0.1) is 32.4 Å². The van der Waals surface area contributed by atoms with Crippen LogP contribution in [0.4, 0.5) is 45.9 Å². The molecule has 2 aliphatic heterocycles. The number of carbonyl (C=O) groups excluding carboxylic acids is 1. The van der Waals surface area contributed by atoms with Crippen molar-refractivity contribution in [2.45, 2.75) is 75.6 Å². The number of anilines is 2. The average Bonchev–Trinajstić information content (AvgIpc) is 3.88. The lowest BCUT2D eigenvalue weighted by atomic mass is 9.88. The van der Waals surface area contributed by atoms with E-state index >= 15 is 30.7 Å². The minimum Gasteiger partial charge on any atom is -0.461 e. The molecule has 0 bridgehead atoms. The Morgan fingerprint density at radius 3 is 2.56 bits per heavy atom. The number of rotatable bonds is 8. The summed E-state index contributed by atoms with van der Waals surface area (Å²) < 4.78 is 128. The minimum absolute atomic E-state index is 0.0864. The predicted molar refractivity (Wildman–Crippen MR) is 191 cm³/mol. The second-order valence-corrected chi connectivity index (χ2v) is 15.7. The van der Waals surface area contributed by atoms with Crippen molar-refractivity contribution in [3.05, 3.63) is 40.7 Å². The first-order chi connectivity index (χ1) is 25.9. The maximum atomic E-state index is 15.7. The quantitative estimate of drug-likeness (QED) is 0.178. The lowest BCUT2D eigenvalue weighted by molar-refractivity contribution is -0.141. The van der Waals surface area contributed by atoms with Crippen molar-refractivity contribution >= 4 is 49.1 Å². The maximum absolute atomic E-state index is 15.7. The van der Waals surface area contributed by atoms with Crippen LogP contribution in [0.5, 0.6) is 6.01 Å². The van der Waals surface area contributed by atoms with Gasteiger partial charge in [0.25, 0.3) is 0 Å². The SMILES string of the molecule is CCN(c1nc(OC[C@@]23CCCN2C[C@H](F)C3)nc2c(C(F)(F)F)c(-c3ccc(F)c4sc(N)c(C#N)c34)c(C(F)(F)F)cc12)[C@H]1CC[C@@H](C(=O)N(C)C)C1. The van der Waals surface area contributed by atoms with Crippen molar-refractivity contribution in [3.63, 3.8) is 0 Å². The summed E-state index contributed by atoms with van der Waals surface area (Å²) in [6, 6.07) is 2.72. The van der Waals surface area contributed by atoms with E-state index in [1.807, 2.05) is 4.90 Å². The summed E-state index contributed by atoms with van der Waals surface area (Å²) in [5.41, 5.74) is -1.79. The summed E-state index contributed by atoms with van der Waals surface area (Å²) in [6.45, 7) is 2.34. The number of aromatic nitrogens is 2. The molecule has 1 aliphatic carbocycles. The van der Waals surface area contributed by atoms with Gasteiger partial charge in [-0.3, -0.25) is 9.69 Å². The lowest BCUT2D eigenvalue weighted by Gasteiger charge is -2.33. The Kier molecular flexibility index (Phi) is 9.80. The molecule has 2 aromatic carbocycles. The minimum atomic E-state index is -5.51. The summed E-state index contributed by atoms with van der Waals surface area (Å²) >= 11 is 0.532. The standard InChI is InChI=1S/C37H37F8N7O2S/c1-4-52(20-7-6-18(12-20)33(53)50(2)3)32-22-13-24(36(40,41)42)27(21-8-9-25(39)30-26(21)23(15-46)31(47)55-30)28(37(43,44)45)29(22)48-34(49-32)54-17-35-10-5-11-51(35)16-19(38)14-35/h8-9,13,18-20H,4-7,10-12,14,16-17,47H2,1-3H3/t18-,19-,20+,35+/m1/s1. The van der Waals surface area contributed by atoms with Crippen LogP contribution in [0, 0.1) is 23.1 Å². The Labute approximate surface area is 314 Å². The fourth-order valence-electron chi connectivity index (χ4n) is 8.86. The number of hydrogen-bond donors (Lipinski definition) is 1. The fraction of sp³-hybridized carbons (Fsp3) is 0.514. The van der Waals surface area contributed by atoms with E-state index in [4.69, 9.17) is 10.5 Å². The van der Waals surface area contributed by atoms with Crippen molar-refractivity contribution in [1.82, 2.24) is 19.8 Å². The van der Waals surface area contributed by atoms with Crippen molar-refractivity contribution in [2.75, 3.05) is 51.0 Å². The summed E-state index contributed by atoms with van der Waals surface area (Å²) in [5.74, 6) is -1.83. The number of carbonyl (C=O) groups is 1. The van der Waals surface area contributed by atoms with Gasteiger partial charge in [0, 0.05) is 61.9 Å². The zero-order valence-electron chi connectivity index (χ0n) is 30.0. The largest absolute Gasteiger partial charge is 0.461 e. The highest BCUT2D eigenvalue weighted by molar-refractivity contribution is 7.23. The Morgan fingerprint density at radius 1 is 1.16 bits per heavy atom. The molecule has 294 valence electrons. The van der Waals surface area contributed by atoms with E-state index in [1.165, 1.54) is 4.90 Å². The second-order valence-electron chi connectivity index (χ2n) is 14.7. The Hall–Kier alpha value is -4.50. The Bertz CT molecular complexity index is 2220. The Balaban J connectivity index is 1.52. The molecule has 0 spiro atoms. The number of halogens is 8. The van der Waals surface area contributed by atoms with E-state index in [1.54, 1.807) is 32.0 Å². The third-order valence-electron chi connectivity index (χ3n) is 11.2. The first-order valence-electron chi connectivity index (χ1n) is 17.8. The number of benzene rings is 2. The van der Waals surface area contributed by atoms with E-state index in [9.17, 15) is 14.4 Å². The van der Waals surface area contributed by atoms with Crippen molar-refractivity contribution in [2.24, 2.45) is 5.92 Å². The van der Waals surface area contributed by atoms with Gasteiger partial charge in [-0.2, -0.15) is 41.6 Å². The molecule has 4 aromatic rings. The number of nitrogens with two attached hydrogens (primary N) is 1. The number of nitriles is 1. The van der Waals surface area contributed by atoms with Gasteiger partial charge in [0.2, 0.25) is 5.91 Å². The maximum Gasteiger partial charge on any atom is 0.419 e. The number of nitrogen functional groups attached to an aromatic ring is 1. The number of fused-ring (bicyclic) bond motifs is 3. The van der Waals surface area contributed by atoms with Crippen LogP contribution >= 0.6 is 11.3 Å². The zero-order valence-corrected chi connectivity index (χ0v) is 30.9. The van der Waals surface area contributed by atoms with Crippen LogP contribution < -0.4 is 15.4 Å². The van der Waals surface area contributed by atoms with E-state index in [0.717, 1.165) is 18.6 Å². The van der Waals surface area contributed by atoms with Crippen LogP contribution in [0.1, 0.15) is 62.1 Å². The molecular formula is C37H37F8N7O2S. The smallest absolute Gasteiger partial charge is 0.419 e. The van der Waals surface area contributed by atoms with E-state index < -0.39 is 92.0 Å². The molecule has 55 heavy (non-hydrogen) atoms. The van der Waals surface area contributed by atoms with Gasteiger partial charge in [-0.05, 0) is 63.3 Å². The van der Waals surface area contributed by atoms with Crippen LogP contribution in [0.25, 0.3) is 32.1 Å². The molecule has 1 amide bonds. The number of hydrogen-bond acceptors (Lipinski definition) is 9. The van der Waals surface area contributed by atoms with Gasteiger partial charge >= 0.3 is 18.4 Å². The molecule has 0 radical (unpaired) electrons. The van der Waals surface area contributed by atoms with Gasteiger partial charge in [-0.1, -0.05) is 6.07 Å². The summed E-state index contributed by atoms with van der Waals surface area (Å²) in [6.07, 6.45) is -9.55. The monoisotopic (exact) mass is 795 g/mol. The van der Waals surface area contributed by atoms with Crippen LogP contribution in [-0.4, -0.2) is 83.8 Å². The molecule has 2 saturated heterocycles. The average molecular weight is 796 g/mol. The van der Waals surface area contributed by atoms with E-state index in [2.05, 4.69) is 9.97 Å². The van der Waals surface area contributed by atoms with Crippen LogP contribution in [-0.2, 0) is 17.1 Å². The number of alkyl halides is 7. The predicted octanol–water partition coefficient (Wildman–Crippen LogP) is 8.18. The van der Waals surface area contributed by atoms with Crippen molar-refractivity contribution < 1.29 is 44.7 Å². The molecule has 3 aliphatic rings. The van der Waals surface area contributed by atoms with Crippen molar-refractivity contribution in [1.29, 1.82) is 5.26 Å². The van der Waals surface area contributed by atoms with Crippen LogP contribution in [0.2, 0.25) is 0 Å². The lowest BCUT2D eigenvalue weighted by Crippen LogP contribution is -2.43. The highest BCUT2D eigenvalue weighted by Crippen LogP contribution is 2.53. The van der Waals surface area contributed by atoms with E-state index in [-0.39, 0.29) is 54.0 Å². The Morgan fingerprint density at radius 2 is 1.91 bits per heavy atom. The highest BCUT2D eigenvalue weighted by atomic mass is 32.1. The molecule has 0 unspecified atom stereocenters. The molecule has 9 nitrogen and oxygen atoms in total. The number of amides is 1. The zero-order chi connectivity index (χ0) is 39.8. The van der Waals surface area contributed by atoms with Gasteiger partial charge in [-0.15, -0.1) is 11.3 Å². The molecule has 2 aromatic heterocycles. The molecule has 18 heteroatoms. The molecule has 1 saturated carbocycles. The number of ether oxygens (including phenoxy) is 1. The normalized spacial score (nSPS) is 23.1. The highest BCUT2D eigenvalue weighted by Gasteiger charge is 2.50. The third-order valence-corrected chi connectivity index (χ3v) is 12.2. The van der Waals surface area contributed by atoms with Gasteiger partial charge in [-0.25, -0.2) is 8.78 Å². The number of thiophene rings is 1.